The second-order valence-electron chi connectivity index (χ2n) is 7.48. The van der Waals surface area contributed by atoms with Gasteiger partial charge >= 0.3 is 0 Å². The van der Waals surface area contributed by atoms with Crippen LogP contribution in [0.25, 0.3) is 11.3 Å². The largest absolute Gasteiger partial charge is 0.497 e. The van der Waals surface area contributed by atoms with Gasteiger partial charge in [0.1, 0.15) is 11.5 Å². The lowest BCUT2D eigenvalue weighted by molar-refractivity contribution is -0.133. The summed E-state index contributed by atoms with van der Waals surface area (Å²) in [7, 11) is 1.65. The third kappa shape index (κ3) is 5.12. The molecule has 0 radical (unpaired) electrons. The van der Waals surface area contributed by atoms with Crippen molar-refractivity contribution in [3.63, 3.8) is 0 Å². The van der Waals surface area contributed by atoms with Crippen LogP contribution >= 0.6 is 0 Å². The molecule has 0 unspecified atom stereocenters. The van der Waals surface area contributed by atoms with Crippen LogP contribution in [0.2, 0.25) is 0 Å². The van der Waals surface area contributed by atoms with Gasteiger partial charge in [0.25, 0.3) is 5.91 Å². The summed E-state index contributed by atoms with van der Waals surface area (Å²) in [5.74, 6) is 2.35. The Balaban J connectivity index is 1.29. The van der Waals surface area contributed by atoms with Crippen LogP contribution in [0.1, 0.15) is 5.56 Å². The molecular weight excluding hydrogens is 392 g/mol. The second kappa shape index (κ2) is 9.47. The number of carbonyl (C=O) groups is 1. The highest BCUT2D eigenvalue weighted by atomic mass is 16.5. The van der Waals surface area contributed by atoms with Crippen molar-refractivity contribution in [2.24, 2.45) is 0 Å². The van der Waals surface area contributed by atoms with Gasteiger partial charge in [0.15, 0.2) is 12.4 Å². The number of benzene rings is 2. The van der Waals surface area contributed by atoms with E-state index in [2.05, 4.69) is 15.1 Å². The van der Waals surface area contributed by atoms with Crippen molar-refractivity contribution >= 4 is 11.7 Å². The lowest BCUT2D eigenvalue weighted by atomic mass is 10.1. The molecular formula is C24H26N4O3. The molecule has 2 aromatic carbocycles. The predicted octanol–water partition coefficient (Wildman–Crippen LogP) is 3.19. The van der Waals surface area contributed by atoms with Crippen LogP contribution in [0, 0.1) is 6.92 Å². The van der Waals surface area contributed by atoms with E-state index in [4.69, 9.17) is 9.47 Å². The summed E-state index contributed by atoms with van der Waals surface area (Å²) in [6, 6.07) is 19.4. The number of aromatic nitrogens is 2. The van der Waals surface area contributed by atoms with Gasteiger partial charge in [0, 0.05) is 31.7 Å². The molecule has 7 nitrogen and oxygen atoms in total. The van der Waals surface area contributed by atoms with Crippen LogP contribution < -0.4 is 14.4 Å². The average Bonchev–Trinajstić information content (AvgIpc) is 2.83. The number of amides is 1. The van der Waals surface area contributed by atoms with Gasteiger partial charge in [-0.05, 0) is 61.0 Å². The number of piperazine rings is 1. The van der Waals surface area contributed by atoms with Crippen LogP contribution in [-0.4, -0.2) is 60.9 Å². The molecule has 1 saturated heterocycles. The monoisotopic (exact) mass is 418 g/mol. The SMILES string of the molecule is COc1ccc(-c2ccc(N3CCN(C(=O)COc4cccc(C)c4)CC3)nn2)cc1. The van der Waals surface area contributed by atoms with E-state index >= 15 is 0 Å². The summed E-state index contributed by atoms with van der Waals surface area (Å²) >= 11 is 0. The summed E-state index contributed by atoms with van der Waals surface area (Å²) in [5.41, 5.74) is 2.91. The first-order valence-corrected chi connectivity index (χ1v) is 10.3. The van der Waals surface area contributed by atoms with E-state index in [1.54, 1.807) is 7.11 Å². The molecule has 4 rings (SSSR count). The number of aryl methyl sites for hydroxylation is 1. The van der Waals surface area contributed by atoms with Crippen LogP contribution in [0.15, 0.2) is 60.7 Å². The number of hydrogen-bond donors (Lipinski definition) is 0. The Kier molecular flexibility index (Phi) is 6.31. The van der Waals surface area contributed by atoms with Gasteiger partial charge in [-0.1, -0.05) is 12.1 Å². The predicted molar refractivity (Wildman–Crippen MR) is 119 cm³/mol. The van der Waals surface area contributed by atoms with E-state index < -0.39 is 0 Å². The Morgan fingerprint density at radius 2 is 1.71 bits per heavy atom. The van der Waals surface area contributed by atoms with Gasteiger partial charge in [0.2, 0.25) is 0 Å². The molecule has 3 aromatic rings. The first-order chi connectivity index (χ1) is 15.1. The highest BCUT2D eigenvalue weighted by Gasteiger charge is 2.22. The number of methoxy groups -OCH3 is 1. The van der Waals surface area contributed by atoms with Crippen molar-refractivity contribution in [3.8, 4) is 22.8 Å². The number of anilines is 1. The molecule has 1 amide bonds. The molecule has 2 heterocycles. The minimum absolute atomic E-state index is 0.00194. The maximum Gasteiger partial charge on any atom is 0.260 e. The highest BCUT2D eigenvalue weighted by molar-refractivity contribution is 5.78. The van der Waals surface area contributed by atoms with Gasteiger partial charge in [-0.15, -0.1) is 10.2 Å². The third-order valence-electron chi connectivity index (χ3n) is 5.34. The van der Waals surface area contributed by atoms with E-state index in [9.17, 15) is 4.79 Å². The Bertz CT molecular complexity index is 1010. The molecule has 1 aliphatic heterocycles. The minimum Gasteiger partial charge on any atom is -0.497 e. The zero-order valence-corrected chi connectivity index (χ0v) is 17.8. The van der Waals surface area contributed by atoms with Gasteiger partial charge in [-0.25, -0.2) is 0 Å². The maximum atomic E-state index is 12.5. The standard InChI is InChI=1S/C24H26N4O3/c1-18-4-3-5-21(16-18)31-17-24(29)28-14-12-27(13-15-28)23-11-10-22(25-26-23)19-6-8-20(30-2)9-7-19/h3-11,16H,12-15,17H2,1-2H3. The molecule has 0 N–H and O–H groups in total. The summed E-state index contributed by atoms with van der Waals surface area (Å²) in [6.07, 6.45) is 0. The molecule has 0 atom stereocenters. The summed E-state index contributed by atoms with van der Waals surface area (Å²) in [4.78, 5) is 16.5. The van der Waals surface area contributed by atoms with Gasteiger partial charge in [-0.3, -0.25) is 4.79 Å². The number of nitrogens with zero attached hydrogens (tertiary/aromatic N) is 4. The van der Waals surface area contributed by atoms with Crippen molar-refractivity contribution in [2.75, 3.05) is 44.8 Å². The van der Waals surface area contributed by atoms with E-state index in [1.165, 1.54) is 0 Å². The van der Waals surface area contributed by atoms with Crippen molar-refractivity contribution in [1.82, 2.24) is 15.1 Å². The van der Waals surface area contributed by atoms with E-state index in [0.29, 0.717) is 26.2 Å². The molecule has 7 heteroatoms. The number of ether oxygens (including phenoxy) is 2. The second-order valence-corrected chi connectivity index (χ2v) is 7.48. The third-order valence-corrected chi connectivity index (χ3v) is 5.34. The molecule has 0 saturated carbocycles. The molecule has 160 valence electrons. The molecule has 0 aliphatic carbocycles. The molecule has 31 heavy (non-hydrogen) atoms. The van der Waals surface area contributed by atoms with Crippen molar-refractivity contribution < 1.29 is 14.3 Å². The van der Waals surface area contributed by atoms with Crippen molar-refractivity contribution in [1.29, 1.82) is 0 Å². The van der Waals surface area contributed by atoms with Crippen molar-refractivity contribution in [3.05, 3.63) is 66.2 Å². The molecule has 1 aliphatic rings. The van der Waals surface area contributed by atoms with Crippen LogP contribution in [-0.2, 0) is 4.79 Å². The summed E-state index contributed by atoms with van der Waals surface area (Å²) in [6.45, 7) is 4.76. The minimum atomic E-state index is 0.00194. The van der Waals surface area contributed by atoms with E-state index in [-0.39, 0.29) is 12.5 Å². The maximum absolute atomic E-state index is 12.5. The zero-order chi connectivity index (χ0) is 21.6. The lowest BCUT2D eigenvalue weighted by Gasteiger charge is -2.35. The Morgan fingerprint density at radius 1 is 0.935 bits per heavy atom. The number of hydrogen-bond acceptors (Lipinski definition) is 6. The van der Waals surface area contributed by atoms with Gasteiger partial charge in [-0.2, -0.15) is 0 Å². The lowest BCUT2D eigenvalue weighted by Crippen LogP contribution is -2.50. The first-order valence-electron chi connectivity index (χ1n) is 10.3. The van der Waals surface area contributed by atoms with Gasteiger partial charge < -0.3 is 19.3 Å². The quantitative estimate of drug-likeness (QED) is 0.613. The fourth-order valence-corrected chi connectivity index (χ4v) is 3.54. The Hall–Kier alpha value is -3.61. The summed E-state index contributed by atoms with van der Waals surface area (Å²) < 4.78 is 10.8. The van der Waals surface area contributed by atoms with E-state index in [0.717, 1.165) is 34.1 Å². The number of rotatable bonds is 6. The van der Waals surface area contributed by atoms with Crippen LogP contribution in [0.3, 0.4) is 0 Å². The average molecular weight is 418 g/mol. The van der Waals surface area contributed by atoms with Gasteiger partial charge in [0.05, 0.1) is 12.8 Å². The summed E-state index contributed by atoms with van der Waals surface area (Å²) in [5, 5.41) is 8.76. The Morgan fingerprint density at radius 3 is 2.35 bits per heavy atom. The normalized spacial score (nSPS) is 13.7. The first kappa shape index (κ1) is 20.7. The van der Waals surface area contributed by atoms with Crippen molar-refractivity contribution in [2.45, 2.75) is 6.92 Å². The topological polar surface area (TPSA) is 67.8 Å². The fraction of sp³-hybridized carbons (Fsp3) is 0.292. The Labute approximate surface area is 182 Å². The smallest absolute Gasteiger partial charge is 0.260 e. The van der Waals surface area contributed by atoms with Crippen LogP contribution in [0.4, 0.5) is 5.82 Å². The molecule has 1 fully saturated rings. The molecule has 1 aromatic heterocycles. The van der Waals surface area contributed by atoms with E-state index in [1.807, 2.05) is 72.5 Å². The zero-order valence-electron chi connectivity index (χ0n) is 17.8. The molecule has 0 bridgehead atoms. The van der Waals surface area contributed by atoms with Crippen LogP contribution in [0.5, 0.6) is 11.5 Å². The molecule has 0 spiro atoms. The fourth-order valence-electron chi connectivity index (χ4n) is 3.54. The number of carbonyl (C=O) groups excluding carboxylic acids is 1. The highest BCUT2D eigenvalue weighted by Crippen LogP contribution is 2.22.